The zero-order valence-electron chi connectivity index (χ0n) is 20.3. The standard InChI is InChI=1S/C27H34N2O6/c1-3-4-9-18(14-24(30)28-17-27(2,34)15-25(31)32)29-26(33)35-16-23-21-12-7-5-10-19(21)20-11-6-8-13-22(20)23/h5-8,10-13,18,23,34H,3-4,9,14-17H2,1-2H3,(H,28,30)(H,29,33)(H,31,32)/t18-,27?/m0/s1. The third-order valence-corrected chi connectivity index (χ3v) is 6.20. The summed E-state index contributed by atoms with van der Waals surface area (Å²) in [7, 11) is 0. The van der Waals surface area contributed by atoms with Gasteiger partial charge in [0.15, 0.2) is 0 Å². The fraction of sp³-hybridized carbons (Fsp3) is 0.444. The summed E-state index contributed by atoms with van der Waals surface area (Å²) in [5, 5.41) is 24.3. The number of unbranched alkanes of at least 4 members (excludes halogenated alkanes) is 1. The Kier molecular flexibility index (Phi) is 8.87. The van der Waals surface area contributed by atoms with Crippen LogP contribution in [0.5, 0.6) is 0 Å². The largest absolute Gasteiger partial charge is 0.481 e. The second kappa shape index (κ2) is 11.8. The lowest BCUT2D eigenvalue weighted by molar-refractivity contribution is -0.142. The molecule has 0 saturated carbocycles. The number of alkyl carbamates (subject to hydrolysis) is 1. The van der Waals surface area contributed by atoms with Gasteiger partial charge in [-0.2, -0.15) is 0 Å². The van der Waals surface area contributed by atoms with Crippen LogP contribution in [0.1, 0.15) is 63.0 Å². The van der Waals surface area contributed by atoms with Crippen LogP contribution >= 0.6 is 0 Å². The quantitative estimate of drug-likeness (QED) is 0.365. The van der Waals surface area contributed by atoms with E-state index in [0.29, 0.717) is 6.42 Å². The number of aliphatic carboxylic acids is 1. The summed E-state index contributed by atoms with van der Waals surface area (Å²) in [5.41, 5.74) is 2.98. The predicted molar refractivity (Wildman–Crippen MR) is 132 cm³/mol. The van der Waals surface area contributed by atoms with Crippen LogP contribution in [0.4, 0.5) is 4.79 Å². The van der Waals surface area contributed by atoms with E-state index in [2.05, 4.69) is 34.9 Å². The van der Waals surface area contributed by atoms with Crippen LogP contribution in [0, 0.1) is 0 Å². The molecule has 1 aliphatic carbocycles. The Morgan fingerprint density at radius 2 is 1.66 bits per heavy atom. The van der Waals surface area contributed by atoms with Crippen LogP contribution in [0.3, 0.4) is 0 Å². The number of hydrogen-bond donors (Lipinski definition) is 4. The fourth-order valence-electron chi connectivity index (χ4n) is 4.46. The molecule has 3 rings (SSSR count). The number of nitrogens with one attached hydrogen (secondary N) is 2. The van der Waals surface area contributed by atoms with E-state index in [1.165, 1.54) is 6.92 Å². The summed E-state index contributed by atoms with van der Waals surface area (Å²) < 4.78 is 5.60. The zero-order chi connectivity index (χ0) is 25.4. The fourth-order valence-corrected chi connectivity index (χ4v) is 4.46. The molecule has 8 heteroatoms. The van der Waals surface area contributed by atoms with Crippen molar-refractivity contribution in [3.63, 3.8) is 0 Å². The number of carboxylic acid groups (broad SMARTS) is 1. The van der Waals surface area contributed by atoms with Crippen molar-refractivity contribution in [1.29, 1.82) is 0 Å². The van der Waals surface area contributed by atoms with Gasteiger partial charge in [0.25, 0.3) is 0 Å². The molecule has 0 bridgehead atoms. The molecule has 0 fully saturated rings. The second-order valence-corrected chi connectivity index (χ2v) is 9.36. The first-order valence-corrected chi connectivity index (χ1v) is 12.0. The van der Waals surface area contributed by atoms with Crippen molar-refractivity contribution in [3.8, 4) is 11.1 Å². The van der Waals surface area contributed by atoms with Crippen LogP contribution in [-0.4, -0.2) is 53.0 Å². The molecule has 0 saturated heterocycles. The van der Waals surface area contributed by atoms with Gasteiger partial charge in [0.2, 0.25) is 5.91 Å². The van der Waals surface area contributed by atoms with E-state index >= 15 is 0 Å². The molecule has 0 radical (unpaired) electrons. The number of carbonyl (C=O) groups is 3. The number of carboxylic acids is 1. The minimum Gasteiger partial charge on any atom is -0.481 e. The molecule has 4 N–H and O–H groups in total. The molecule has 2 atom stereocenters. The number of benzene rings is 2. The molecule has 1 unspecified atom stereocenters. The zero-order valence-corrected chi connectivity index (χ0v) is 20.3. The van der Waals surface area contributed by atoms with E-state index in [1.807, 2.05) is 31.2 Å². The van der Waals surface area contributed by atoms with Crippen LogP contribution in [0.2, 0.25) is 0 Å². The minimum absolute atomic E-state index is 0.00729. The number of hydrogen-bond acceptors (Lipinski definition) is 5. The molecule has 2 aromatic rings. The van der Waals surface area contributed by atoms with Crippen molar-refractivity contribution < 1.29 is 29.3 Å². The van der Waals surface area contributed by atoms with E-state index < -0.39 is 30.1 Å². The molecule has 35 heavy (non-hydrogen) atoms. The Labute approximate surface area is 205 Å². The first kappa shape index (κ1) is 26.2. The van der Waals surface area contributed by atoms with Crippen LogP contribution in [-0.2, 0) is 14.3 Å². The predicted octanol–water partition coefficient (Wildman–Crippen LogP) is 3.82. The Hall–Kier alpha value is -3.39. The summed E-state index contributed by atoms with van der Waals surface area (Å²) in [6.45, 7) is 3.37. The summed E-state index contributed by atoms with van der Waals surface area (Å²) in [4.78, 5) is 35.9. The van der Waals surface area contributed by atoms with Gasteiger partial charge < -0.3 is 25.6 Å². The molecular weight excluding hydrogens is 448 g/mol. The smallest absolute Gasteiger partial charge is 0.407 e. The van der Waals surface area contributed by atoms with Crippen LogP contribution in [0.25, 0.3) is 11.1 Å². The molecule has 0 heterocycles. The molecule has 1 aliphatic rings. The minimum atomic E-state index is -1.55. The summed E-state index contributed by atoms with van der Waals surface area (Å²) in [6.07, 6.45) is 1.26. The number of aliphatic hydroxyl groups is 1. The van der Waals surface area contributed by atoms with Crippen LogP contribution in [0.15, 0.2) is 48.5 Å². The molecular formula is C27H34N2O6. The average molecular weight is 483 g/mol. The Bertz CT molecular complexity index is 1010. The lowest BCUT2D eigenvalue weighted by Crippen LogP contribution is -2.45. The SMILES string of the molecule is CCCC[C@@H](CC(=O)NCC(C)(O)CC(=O)O)NC(=O)OCC1c2ccccc2-c2ccccc21. The first-order valence-electron chi connectivity index (χ1n) is 12.0. The Morgan fingerprint density at radius 3 is 2.23 bits per heavy atom. The van der Waals surface area contributed by atoms with Gasteiger partial charge in [-0.25, -0.2) is 4.79 Å². The lowest BCUT2D eigenvalue weighted by atomic mass is 9.98. The van der Waals surface area contributed by atoms with E-state index in [4.69, 9.17) is 9.84 Å². The molecule has 2 amide bonds. The first-order chi connectivity index (χ1) is 16.7. The Morgan fingerprint density at radius 1 is 1.06 bits per heavy atom. The highest BCUT2D eigenvalue weighted by molar-refractivity contribution is 5.79. The Balaban J connectivity index is 1.56. The van der Waals surface area contributed by atoms with E-state index in [0.717, 1.165) is 35.1 Å². The van der Waals surface area contributed by atoms with Crippen LogP contribution < -0.4 is 10.6 Å². The van der Waals surface area contributed by atoms with E-state index in [1.54, 1.807) is 0 Å². The maximum atomic E-state index is 12.6. The van der Waals surface area contributed by atoms with Gasteiger partial charge in [-0.05, 0) is 35.6 Å². The molecule has 2 aromatic carbocycles. The molecule has 188 valence electrons. The highest BCUT2D eigenvalue weighted by atomic mass is 16.5. The maximum Gasteiger partial charge on any atom is 0.407 e. The van der Waals surface area contributed by atoms with Gasteiger partial charge in [-0.1, -0.05) is 68.3 Å². The average Bonchev–Trinajstić information content (AvgIpc) is 3.13. The lowest BCUT2D eigenvalue weighted by Gasteiger charge is -2.23. The number of fused-ring (bicyclic) bond motifs is 3. The van der Waals surface area contributed by atoms with Crippen molar-refractivity contribution in [2.45, 2.75) is 63.5 Å². The van der Waals surface area contributed by atoms with Crippen molar-refractivity contribution in [2.75, 3.05) is 13.2 Å². The van der Waals surface area contributed by atoms with Gasteiger partial charge in [0.1, 0.15) is 6.61 Å². The maximum absolute atomic E-state index is 12.6. The molecule has 0 spiro atoms. The van der Waals surface area contributed by atoms with Crippen molar-refractivity contribution in [2.24, 2.45) is 0 Å². The summed E-state index contributed by atoms with van der Waals surface area (Å²) in [6, 6.07) is 15.8. The summed E-state index contributed by atoms with van der Waals surface area (Å²) >= 11 is 0. The highest BCUT2D eigenvalue weighted by Crippen LogP contribution is 2.44. The third-order valence-electron chi connectivity index (χ3n) is 6.20. The number of rotatable bonds is 12. The monoisotopic (exact) mass is 482 g/mol. The van der Waals surface area contributed by atoms with Gasteiger partial charge in [0, 0.05) is 24.9 Å². The molecule has 0 aliphatic heterocycles. The third kappa shape index (κ3) is 7.29. The highest BCUT2D eigenvalue weighted by Gasteiger charge is 2.30. The van der Waals surface area contributed by atoms with Gasteiger partial charge in [-0.15, -0.1) is 0 Å². The van der Waals surface area contributed by atoms with Crippen molar-refractivity contribution in [3.05, 3.63) is 59.7 Å². The van der Waals surface area contributed by atoms with Gasteiger partial charge in [-0.3, -0.25) is 9.59 Å². The van der Waals surface area contributed by atoms with Crippen molar-refractivity contribution >= 4 is 18.0 Å². The summed E-state index contributed by atoms with van der Waals surface area (Å²) in [5.74, 6) is -1.58. The van der Waals surface area contributed by atoms with Gasteiger partial charge in [0.05, 0.1) is 12.0 Å². The normalized spacial score (nSPS) is 14.8. The number of amides is 2. The van der Waals surface area contributed by atoms with E-state index in [9.17, 15) is 19.5 Å². The number of carbonyl (C=O) groups excluding carboxylic acids is 2. The van der Waals surface area contributed by atoms with E-state index in [-0.39, 0.29) is 31.4 Å². The number of ether oxygens (including phenoxy) is 1. The second-order valence-electron chi connectivity index (χ2n) is 9.36. The molecule has 8 nitrogen and oxygen atoms in total. The molecule has 0 aromatic heterocycles. The topological polar surface area (TPSA) is 125 Å². The van der Waals surface area contributed by atoms with Crippen molar-refractivity contribution in [1.82, 2.24) is 10.6 Å². The van der Waals surface area contributed by atoms with Gasteiger partial charge >= 0.3 is 12.1 Å².